The number of allylic oxidation sites excluding steroid dienone is 1. The fourth-order valence-electron chi connectivity index (χ4n) is 1.20. The van der Waals surface area contributed by atoms with Gasteiger partial charge in [0.1, 0.15) is 0 Å². The smallest absolute Gasteiger partial charge is 0.344 e. The lowest BCUT2D eigenvalue weighted by Crippen LogP contribution is -2.14. The highest BCUT2D eigenvalue weighted by molar-refractivity contribution is 5.79. The fraction of sp³-hybridized carbons (Fsp3) is 0.250. The Morgan fingerprint density at radius 3 is 2.53 bits per heavy atom. The summed E-state index contributed by atoms with van der Waals surface area (Å²) in [5.74, 6) is -0.870. The summed E-state index contributed by atoms with van der Waals surface area (Å²) in [4.78, 5) is 10.8. The molecule has 0 fully saturated rings. The highest BCUT2D eigenvalue weighted by Crippen LogP contribution is 2.14. The van der Waals surface area contributed by atoms with Crippen molar-refractivity contribution in [3.8, 4) is 0 Å². The molecule has 1 rings (SSSR count). The van der Waals surface area contributed by atoms with Crippen LogP contribution in [0.5, 0.6) is 0 Å². The second-order valence-electron chi connectivity index (χ2n) is 3.14. The normalized spacial score (nSPS) is 13.4. The van der Waals surface area contributed by atoms with Crippen LogP contribution in [0, 0.1) is 0 Å². The third-order valence-electron chi connectivity index (χ3n) is 2.05. The lowest BCUT2D eigenvalue weighted by atomic mass is 10.1. The zero-order valence-corrected chi connectivity index (χ0v) is 8.74. The van der Waals surface area contributed by atoms with Gasteiger partial charge >= 0.3 is 5.97 Å². The van der Waals surface area contributed by atoms with Crippen molar-refractivity contribution in [2.45, 2.75) is 13.1 Å². The van der Waals surface area contributed by atoms with Gasteiger partial charge in [-0.05, 0) is 24.1 Å². The maximum atomic E-state index is 13.2. The van der Waals surface area contributed by atoms with Crippen LogP contribution in [0.25, 0.3) is 5.57 Å². The molecule has 80 valence electrons. The van der Waals surface area contributed by atoms with E-state index in [0.717, 1.165) is 5.56 Å². The van der Waals surface area contributed by atoms with Gasteiger partial charge in [-0.1, -0.05) is 30.3 Å². The van der Waals surface area contributed by atoms with E-state index >= 15 is 0 Å². The minimum absolute atomic E-state index is 0.716. The van der Waals surface area contributed by atoms with Crippen LogP contribution in [0.3, 0.4) is 0 Å². The Morgan fingerprint density at radius 2 is 2.00 bits per heavy atom. The molecule has 0 heterocycles. The first-order chi connectivity index (χ1) is 7.15. The van der Waals surface area contributed by atoms with Gasteiger partial charge < -0.3 is 4.74 Å². The molecule has 1 atom stereocenters. The van der Waals surface area contributed by atoms with E-state index in [0.29, 0.717) is 5.57 Å². The maximum Gasteiger partial charge on any atom is 0.344 e. The second-order valence-corrected chi connectivity index (χ2v) is 3.14. The number of hydrogen-bond donors (Lipinski definition) is 0. The third kappa shape index (κ3) is 3.20. The molecule has 0 aliphatic rings. The summed E-state index contributed by atoms with van der Waals surface area (Å²) in [5, 5.41) is 0. The van der Waals surface area contributed by atoms with Gasteiger partial charge in [0, 0.05) is 0 Å². The molecule has 3 heteroatoms. The molecule has 0 unspecified atom stereocenters. The Labute approximate surface area is 88.4 Å². The van der Waals surface area contributed by atoms with E-state index in [4.69, 9.17) is 0 Å². The average Bonchev–Trinajstić information content (AvgIpc) is 2.29. The van der Waals surface area contributed by atoms with Crippen LogP contribution >= 0.6 is 0 Å². The van der Waals surface area contributed by atoms with Crippen LogP contribution in [0.2, 0.25) is 0 Å². The molecule has 0 aliphatic carbocycles. The van der Waals surface area contributed by atoms with Crippen LogP contribution in [0.4, 0.5) is 4.39 Å². The van der Waals surface area contributed by atoms with E-state index in [1.54, 1.807) is 6.92 Å². The summed E-state index contributed by atoms with van der Waals surface area (Å²) >= 11 is 0. The summed E-state index contributed by atoms with van der Waals surface area (Å²) in [6, 6.07) is 9.31. The number of hydrogen-bond acceptors (Lipinski definition) is 2. The lowest BCUT2D eigenvalue weighted by molar-refractivity contribution is -0.144. The standard InChI is InChI=1S/C12H13FO2/c1-9(8-11(13)12(14)15-2)10-6-4-3-5-7-10/h3-8,11H,1-2H3/b9-8+/t11-/m1/s1. The van der Waals surface area contributed by atoms with Gasteiger partial charge in [0.2, 0.25) is 6.17 Å². The van der Waals surface area contributed by atoms with Gasteiger partial charge in [-0.15, -0.1) is 0 Å². The molecule has 0 saturated heterocycles. The molecule has 0 aliphatic heterocycles. The van der Waals surface area contributed by atoms with Crippen molar-refractivity contribution in [2.75, 3.05) is 7.11 Å². The van der Waals surface area contributed by atoms with Gasteiger partial charge in [-0.3, -0.25) is 0 Å². The second kappa shape index (κ2) is 5.29. The van der Waals surface area contributed by atoms with Crippen LogP contribution in [-0.4, -0.2) is 19.3 Å². The number of methoxy groups -OCH3 is 1. The molecular formula is C12H13FO2. The van der Waals surface area contributed by atoms with Gasteiger partial charge in [0.15, 0.2) is 0 Å². The number of alkyl halides is 1. The number of esters is 1. The quantitative estimate of drug-likeness (QED) is 0.714. The highest BCUT2D eigenvalue weighted by Gasteiger charge is 2.14. The van der Waals surface area contributed by atoms with Gasteiger partial charge in [0.05, 0.1) is 7.11 Å². The lowest BCUT2D eigenvalue weighted by Gasteiger charge is -2.04. The first kappa shape index (κ1) is 11.4. The molecule has 0 bridgehead atoms. The number of halogens is 1. The molecule has 0 saturated carbocycles. The molecule has 1 aromatic carbocycles. The van der Waals surface area contributed by atoms with E-state index in [1.807, 2.05) is 30.3 Å². The minimum Gasteiger partial charge on any atom is -0.467 e. The molecule has 0 amide bonds. The van der Waals surface area contributed by atoms with Gasteiger partial charge in [-0.25, -0.2) is 9.18 Å². The Bertz CT molecular complexity index is 357. The molecule has 0 radical (unpaired) electrons. The molecule has 0 N–H and O–H groups in total. The number of rotatable bonds is 3. The van der Waals surface area contributed by atoms with E-state index in [9.17, 15) is 9.18 Å². The van der Waals surface area contributed by atoms with Gasteiger partial charge in [0.25, 0.3) is 0 Å². The SMILES string of the molecule is COC(=O)[C@H](F)/C=C(\C)c1ccccc1. The Balaban J connectivity index is 2.80. The predicted molar refractivity (Wildman–Crippen MR) is 57.0 cm³/mol. The predicted octanol–water partition coefficient (Wildman–Crippen LogP) is 2.60. The zero-order valence-electron chi connectivity index (χ0n) is 8.74. The number of ether oxygens (including phenoxy) is 1. The van der Waals surface area contributed by atoms with E-state index in [-0.39, 0.29) is 0 Å². The number of carbonyl (C=O) groups excluding carboxylic acids is 1. The summed E-state index contributed by atoms with van der Waals surface area (Å²) < 4.78 is 17.5. The topological polar surface area (TPSA) is 26.3 Å². The summed E-state index contributed by atoms with van der Waals surface area (Å²) in [5.41, 5.74) is 1.61. The van der Waals surface area contributed by atoms with Crippen LogP contribution in [0.15, 0.2) is 36.4 Å². The summed E-state index contributed by atoms with van der Waals surface area (Å²) in [7, 11) is 1.17. The first-order valence-electron chi connectivity index (χ1n) is 4.61. The van der Waals surface area contributed by atoms with Crippen molar-refractivity contribution in [1.82, 2.24) is 0 Å². The molecule has 0 spiro atoms. The van der Waals surface area contributed by atoms with Crippen molar-refractivity contribution in [1.29, 1.82) is 0 Å². The minimum atomic E-state index is -1.70. The first-order valence-corrected chi connectivity index (χ1v) is 4.61. The monoisotopic (exact) mass is 208 g/mol. The Kier molecular flexibility index (Phi) is 4.03. The van der Waals surface area contributed by atoms with Crippen LogP contribution < -0.4 is 0 Å². The largest absolute Gasteiger partial charge is 0.467 e. The molecule has 1 aromatic rings. The van der Waals surface area contributed by atoms with E-state index in [1.165, 1.54) is 13.2 Å². The van der Waals surface area contributed by atoms with Crippen molar-refractivity contribution in [3.05, 3.63) is 42.0 Å². The molecule has 0 aromatic heterocycles. The van der Waals surface area contributed by atoms with Crippen molar-refractivity contribution >= 4 is 11.5 Å². The maximum absolute atomic E-state index is 13.2. The fourth-order valence-corrected chi connectivity index (χ4v) is 1.20. The number of benzene rings is 1. The molecular weight excluding hydrogens is 195 g/mol. The Morgan fingerprint density at radius 1 is 1.40 bits per heavy atom. The van der Waals surface area contributed by atoms with Crippen molar-refractivity contribution in [2.24, 2.45) is 0 Å². The van der Waals surface area contributed by atoms with Crippen LogP contribution in [-0.2, 0) is 9.53 Å². The molecule has 2 nitrogen and oxygen atoms in total. The highest BCUT2D eigenvalue weighted by atomic mass is 19.1. The van der Waals surface area contributed by atoms with Crippen molar-refractivity contribution in [3.63, 3.8) is 0 Å². The van der Waals surface area contributed by atoms with Gasteiger partial charge in [-0.2, -0.15) is 0 Å². The molecule has 15 heavy (non-hydrogen) atoms. The van der Waals surface area contributed by atoms with Crippen LogP contribution in [0.1, 0.15) is 12.5 Å². The summed E-state index contributed by atoms with van der Waals surface area (Å²) in [6.07, 6.45) is -0.448. The third-order valence-corrected chi connectivity index (χ3v) is 2.05. The zero-order chi connectivity index (χ0) is 11.3. The Hall–Kier alpha value is -1.64. The number of carbonyl (C=O) groups is 1. The van der Waals surface area contributed by atoms with E-state index < -0.39 is 12.1 Å². The average molecular weight is 208 g/mol. The summed E-state index contributed by atoms with van der Waals surface area (Å²) in [6.45, 7) is 1.75. The van der Waals surface area contributed by atoms with Crippen molar-refractivity contribution < 1.29 is 13.9 Å². The van der Waals surface area contributed by atoms with E-state index in [2.05, 4.69) is 4.74 Å².